The Morgan fingerprint density at radius 1 is 1.45 bits per heavy atom. The third-order valence-electron chi connectivity index (χ3n) is 2.97. The van der Waals surface area contributed by atoms with Crippen LogP contribution in [0.25, 0.3) is 0 Å². The smallest absolute Gasteiger partial charge is 0.416 e. The molecule has 1 aliphatic carbocycles. The summed E-state index contributed by atoms with van der Waals surface area (Å²) in [5, 5.41) is 10.4. The highest BCUT2D eigenvalue weighted by Crippen LogP contribution is 2.34. The Kier molecular flexibility index (Phi) is 3.65. The van der Waals surface area contributed by atoms with Gasteiger partial charge in [0.1, 0.15) is 12.5 Å². The Morgan fingerprint density at radius 3 is 2.70 bits per heavy atom. The first-order valence-corrected chi connectivity index (χ1v) is 5.75. The van der Waals surface area contributed by atoms with Gasteiger partial charge in [-0.2, -0.15) is 13.2 Å². The molecule has 0 bridgehead atoms. The lowest BCUT2D eigenvalue weighted by molar-refractivity contribution is -0.497. The van der Waals surface area contributed by atoms with Crippen LogP contribution >= 0.6 is 0 Å². The second kappa shape index (κ2) is 5.10. The van der Waals surface area contributed by atoms with E-state index in [4.69, 9.17) is 4.74 Å². The van der Waals surface area contributed by atoms with Crippen molar-refractivity contribution in [3.05, 3.63) is 45.5 Å². The molecule has 0 spiro atoms. The van der Waals surface area contributed by atoms with Gasteiger partial charge >= 0.3 is 12.1 Å². The van der Waals surface area contributed by atoms with Crippen molar-refractivity contribution in [2.45, 2.75) is 25.2 Å². The molecule has 2 rings (SSSR count). The lowest BCUT2D eigenvalue weighted by Gasteiger charge is -2.09. The zero-order valence-corrected chi connectivity index (χ0v) is 10.1. The molecule has 0 amide bonds. The fourth-order valence-electron chi connectivity index (χ4n) is 1.77. The molecular weight excluding hydrogens is 279 g/mol. The lowest BCUT2D eigenvalue weighted by atomic mass is 10.1. The molecule has 108 valence electrons. The largest absolute Gasteiger partial charge is 0.460 e. The molecule has 8 heteroatoms. The lowest BCUT2D eigenvalue weighted by Crippen LogP contribution is -2.14. The van der Waals surface area contributed by atoms with Gasteiger partial charge in [0.05, 0.1) is 5.56 Å². The number of nitrogens with zero attached hydrogens (tertiary/aromatic N) is 1. The zero-order chi connectivity index (χ0) is 14.9. The van der Waals surface area contributed by atoms with Gasteiger partial charge in [-0.15, -0.1) is 0 Å². The van der Waals surface area contributed by atoms with E-state index in [1.165, 1.54) is 12.1 Å². The molecule has 0 heterocycles. The van der Waals surface area contributed by atoms with Crippen molar-refractivity contribution in [1.29, 1.82) is 0 Å². The van der Waals surface area contributed by atoms with Crippen LogP contribution in [0.2, 0.25) is 0 Å². The maximum absolute atomic E-state index is 12.5. The second-order valence-corrected chi connectivity index (χ2v) is 4.50. The van der Waals surface area contributed by atoms with E-state index in [1.54, 1.807) is 0 Å². The molecule has 0 aliphatic heterocycles. The Hall–Kier alpha value is -2.12. The number of carbonyl (C=O) groups is 1. The summed E-state index contributed by atoms with van der Waals surface area (Å²) in [7, 11) is 0. The molecule has 20 heavy (non-hydrogen) atoms. The van der Waals surface area contributed by atoms with Gasteiger partial charge < -0.3 is 4.74 Å². The minimum Gasteiger partial charge on any atom is -0.460 e. The summed E-state index contributed by atoms with van der Waals surface area (Å²) in [6.07, 6.45) is -4.35. The Bertz CT molecular complexity index is 544. The van der Waals surface area contributed by atoms with Crippen LogP contribution in [-0.4, -0.2) is 16.9 Å². The van der Waals surface area contributed by atoms with Crippen LogP contribution in [0.3, 0.4) is 0 Å². The Morgan fingerprint density at radius 2 is 2.15 bits per heavy atom. The predicted octanol–water partition coefficient (Wildman–Crippen LogP) is 2.41. The first-order chi connectivity index (χ1) is 9.29. The summed E-state index contributed by atoms with van der Waals surface area (Å²) in [5.41, 5.74) is -0.646. The minimum atomic E-state index is -4.47. The average molecular weight is 289 g/mol. The molecule has 5 nitrogen and oxygen atoms in total. The molecule has 0 N–H and O–H groups in total. The van der Waals surface area contributed by atoms with Crippen molar-refractivity contribution in [2.75, 3.05) is 0 Å². The average Bonchev–Trinajstić information content (AvgIpc) is 3.15. The maximum Gasteiger partial charge on any atom is 0.416 e. The summed E-state index contributed by atoms with van der Waals surface area (Å²) >= 11 is 0. The first-order valence-electron chi connectivity index (χ1n) is 5.75. The number of ether oxygens (including phenoxy) is 1. The van der Waals surface area contributed by atoms with Gasteiger partial charge in [-0.1, -0.05) is 12.1 Å². The third kappa shape index (κ3) is 3.25. The van der Waals surface area contributed by atoms with Crippen LogP contribution in [0, 0.1) is 16.0 Å². The van der Waals surface area contributed by atoms with Crippen LogP contribution in [-0.2, 0) is 22.3 Å². The number of rotatable bonds is 4. The van der Waals surface area contributed by atoms with Gasteiger partial charge in [0.25, 0.3) is 0 Å². The summed E-state index contributed by atoms with van der Waals surface area (Å²) in [6.45, 7) is -0.330. The quantitative estimate of drug-likeness (QED) is 0.485. The number of benzene rings is 1. The molecular formula is C12H10F3NO4. The van der Waals surface area contributed by atoms with E-state index in [1.807, 2.05) is 0 Å². The molecule has 1 aromatic rings. The van der Waals surface area contributed by atoms with E-state index in [0.29, 0.717) is 0 Å². The van der Waals surface area contributed by atoms with Crippen LogP contribution in [0.1, 0.15) is 17.5 Å². The number of carbonyl (C=O) groups excluding carboxylic acids is 1. The highest BCUT2D eigenvalue weighted by atomic mass is 19.4. The van der Waals surface area contributed by atoms with E-state index >= 15 is 0 Å². The molecule has 1 aromatic carbocycles. The molecule has 1 saturated carbocycles. The van der Waals surface area contributed by atoms with Gasteiger partial charge in [-0.05, 0) is 17.7 Å². The van der Waals surface area contributed by atoms with Crippen molar-refractivity contribution in [3.63, 3.8) is 0 Å². The van der Waals surface area contributed by atoms with Crippen molar-refractivity contribution in [2.24, 2.45) is 5.92 Å². The summed E-state index contributed by atoms with van der Waals surface area (Å²) in [4.78, 5) is 21.2. The third-order valence-corrected chi connectivity index (χ3v) is 2.97. The number of halogens is 3. The fourth-order valence-corrected chi connectivity index (χ4v) is 1.77. The molecule has 1 aliphatic rings. The van der Waals surface area contributed by atoms with Gasteiger partial charge in [0.15, 0.2) is 0 Å². The Labute approximate surface area is 111 Å². The highest BCUT2D eigenvalue weighted by Gasteiger charge is 2.54. The van der Waals surface area contributed by atoms with Crippen molar-refractivity contribution in [3.8, 4) is 0 Å². The van der Waals surface area contributed by atoms with Crippen LogP contribution < -0.4 is 0 Å². The number of esters is 1. The van der Waals surface area contributed by atoms with Gasteiger partial charge in [0, 0.05) is 11.3 Å². The van der Waals surface area contributed by atoms with E-state index in [0.717, 1.165) is 12.1 Å². The van der Waals surface area contributed by atoms with Gasteiger partial charge in [-0.25, -0.2) is 0 Å². The van der Waals surface area contributed by atoms with Crippen molar-refractivity contribution in [1.82, 2.24) is 0 Å². The predicted molar refractivity (Wildman–Crippen MR) is 60.1 cm³/mol. The van der Waals surface area contributed by atoms with Crippen LogP contribution in [0.5, 0.6) is 0 Å². The molecule has 0 aromatic heterocycles. The number of nitro groups is 1. The SMILES string of the molecule is O=C(OCc1cccc(C(F)(F)F)c1)C1CC1[N+](=O)[O-]. The molecule has 2 atom stereocenters. The zero-order valence-electron chi connectivity index (χ0n) is 10.1. The molecule has 1 fully saturated rings. The number of alkyl halides is 3. The summed E-state index contributed by atoms with van der Waals surface area (Å²) in [6, 6.07) is 3.47. The van der Waals surface area contributed by atoms with Gasteiger partial charge in [-0.3, -0.25) is 14.9 Å². The van der Waals surface area contributed by atoms with Crippen LogP contribution in [0.15, 0.2) is 24.3 Å². The number of hydrogen-bond acceptors (Lipinski definition) is 4. The van der Waals surface area contributed by atoms with E-state index in [2.05, 4.69) is 0 Å². The van der Waals surface area contributed by atoms with E-state index < -0.39 is 34.6 Å². The molecule has 2 unspecified atom stereocenters. The van der Waals surface area contributed by atoms with E-state index in [-0.39, 0.29) is 18.6 Å². The molecule has 0 saturated heterocycles. The van der Waals surface area contributed by atoms with Crippen molar-refractivity contribution < 1.29 is 27.6 Å². The van der Waals surface area contributed by atoms with E-state index in [9.17, 15) is 28.1 Å². The van der Waals surface area contributed by atoms with Crippen LogP contribution in [0.4, 0.5) is 13.2 Å². The van der Waals surface area contributed by atoms with Crippen molar-refractivity contribution >= 4 is 5.97 Å². The standard InChI is InChI=1S/C12H10F3NO4/c13-12(14,15)8-3-1-2-7(4-8)6-20-11(17)9-5-10(9)16(18)19/h1-4,9-10H,5-6H2. The number of hydrogen-bond donors (Lipinski definition) is 0. The minimum absolute atomic E-state index is 0.119. The van der Waals surface area contributed by atoms with Gasteiger partial charge in [0.2, 0.25) is 6.04 Å². The highest BCUT2D eigenvalue weighted by molar-refractivity contribution is 5.76. The maximum atomic E-state index is 12.5. The summed E-state index contributed by atoms with van der Waals surface area (Å²) in [5.74, 6) is -1.53. The molecule has 0 radical (unpaired) electrons. The topological polar surface area (TPSA) is 69.4 Å². The fraction of sp³-hybridized carbons (Fsp3) is 0.417. The Balaban J connectivity index is 1.92. The summed E-state index contributed by atoms with van der Waals surface area (Å²) < 4.78 is 42.2. The first kappa shape index (κ1) is 14.3. The second-order valence-electron chi connectivity index (χ2n) is 4.50. The normalized spacial score (nSPS) is 21.4. The monoisotopic (exact) mass is 289 g/mol.